The van der Waals surface area contributed by atoms with E-state index < -0.39 is 0 Å². The molecule has 0 fully saturated rings. The zero-order chi connectivity index (χ0) is 24.6. The topological polar surface area (TPSA) is 12.4 Å². The molecule has 0 aliphatic rings. The number of hydrogen-bond donors (Lipinski definition) is 0. The Balaban J connectivity index is 0.000000494. The molecule has 3 aromatic carbocycles. The van der Waals surface area contributed by atoms with Crippen molar-refractivity contribution in [2.75, 3.05) is 0 Å². The Kier molecular flexibility index (Phi) is 17.7. The van der Waals surface area contributed by atoms with E-state index in [4.69, 9.17) is 0 Å². The average molecular weight is 592 g/mol. The summed E-state index contributed by atoms with van der Waals surface area (Å²) >= 11 is 1.82. The second-order valence-corrected chi connectivity index (χ2v) is 9.74. The van der Waals surface area contributed by atoms with Crippen LogP contribution in [0.3, 0.4) is 0 Å². The fourth-order valence-corrected chi connectivity index (χ4v) is 4.22. The summed E-state index contributed by atoms with van der Waals surface area (Å²) in [5.41, 5.74) is 1.09. The van der Waals surface area contributed by atoms with Crippen LogP contribution in [0.5, 0.6) is 0 Å². The third kappa shape index (κ3) is 11.1. The number of halogens is 1. The van der Waals surface area contributed by atoms with Crippen LogP contribution in [0, 0.1) is 11.8 Å². The number of nitrogens with zero attached hydrogens (tertiary/aromatic N) is 1. The van der Waals surface area contributed by atoms with Gasteiger partial charge in [0.2, 0.25) is 0 Å². The molecule has 1 nitrogen and oxygen atoms in total. The van der Waals surface area contributed by atoms with E-state index in [1.54, 1.807) is 0 Å². The van der Waals surface area contributed by atoms with Crippen LogP contribution in [0.15, 0.2) is 89.9 Å². The Hall–Kier alpha value is -0.467. The van der Waals surface area contributed by atoms with Crippen LogP contribution in [-0.4, -0.2) is 6.72 Å². The van der Waals surface area contributed by atoms with Crippen LogP contribution < -0.4 is 15.9 Å². The second-order valence-electron chi connectivity index (χ2n) is 7.74. The van der Waals surface area contributed by atoms with Gasteiger partial charge in [0.05, 0.1) is 5.54 Å². The zero-order valence-electron chi connectivity index (χ0n) is 19.4. The van der Waals surface area contributed by atoms with Crippen molar-refractivity contribution in [1.29, 1.82) is 0 Å². The van der Waals surface area contributed by atoms with Gasteiger partial charge in [0, 0.05) is 0 Å². The number of rotatable bonds is 4. The van der Waals surface area contributed by atoms with E-state index in [0.717, 1.165) is 0 Å². The van der Waals surface area contributed by atoms with Gasteiger partial charge in [0.25, 0.3) is 0 Å². The van der Waals surface area contributed by atoms with Gasteiger partial charge < -0.3 is 0 Å². The van der Waals surface area contributed by atoms with Gasteiger partial charge in [-0.3, -0.25) is 4.99 Å². The molecule has 32 heavy (non-hydrogen) atoms. The first-order valence-corrected chi connectivity index (χ1v) is 14.3. The predicted molar refractivity (Wildman–Crippen MR) is 154 cm³/mol. The summed E-state index contributed by atoms with van der Waals surface area (Å²) in [6.07, 6.45) is 0. The van der Waals surface area contributed by atoms with Crippen LogP contribution in [0.2, 0.25) is 0 Å². The standard InChI is InChI=1S/C14H22NP.2C6H7P.ClH.Ru/c1-10(2)14(15-5,11(3)4)12-7-6-8-13(16)9-12;2*7-6-4-2-1-3-5-6;;/h6-11H,5,16H2,1-4H3;2*1-5H,7H2;1H;/q;;;;+1/p-1. The summed E-state index contributed by atoms with van der Waals surface area (Å²) in [6, 6.07) is 28.8. The molecule has 0 aliphatic heterocycles. The zero-order valence-corrected chi connectivity index (χ0v) is 25.3. The van der Waals surface area contributed by atoms with Gasteiger partial charge in [-0.05, 0) is 46.1 Å². The molecule has 0 amide bonds. The SMILES string of the molecule is C=NC(c1cccc(P)c1)(C(C)C)C(C)C.Pc1ccccc1.Pc1ccccc1.[Cl][Ru]. The van der Waals surface area contributed by atoms with E-state index in [-0.39, 0.29) is 5.54 Å². The summed E-state index contributed by atoms with van der Waals surface area (Å²) in [6.45, 7) is 12.7. The van der Waals surface area contributed by atoms with Crippen molar-refractivity contribution in [2.45, 2.75) is 33.2 Å². The van der Waals surface area contributed by atoms with Gasteiger partial charge in [-0.15, -0.1) is 27.7 Å². The Bertz CT molecular complexity index is 829. The van der Waals surface area contributed by atoms with E-state index in [1.807, 2.05) is 78.0 Å². The van der Waals surface area contributed by atoms with E-state index in [2.05, 4.69) is 101 Å². The molecule has 0 radical (unpaired) electrons. The molecule has 0 N–H and O–H groups in total. The Morgan fingerprint density at radius 1 is 0.688 bits per heavy atom. The molecule has 0 aliphatic carbocycles. The Morgan fingerprint density at radius 2 is 1.06 bits per heavy atom. The molecule has 3 unspecified atom stereocenters. The normalized spacial score (nSPS) is 10.1. The Morgan fingerprint density at radius 3 is 1.31 bits per heavy atom. The molecule has 3 rings (SSSR count). The first-order valence-electron chi connectivity index (χ1n) is 10.3. The summed E-state index contributed by atoms with van der Waals surface area (Å²) in [5.74, 6) is 0.883. The molecule has 0 heterocycles. The van der Waals surface area contributed by atoms with Crippen molar-refractivity contribution in [1.82, 2.24) is 0 Å². The van der Waals surface area contributed by atoms with Crippen LogP contribution in [0.4, 0.5) is 0 Å². The molecule has 3 aromatic rings. The van der Waals surface area contributed by atoms with Gasteiger partial charge >= 0.3 is 27.0 Å². The van der Waals surface area contributed by atoms with E-state index >= 15 is 0 Å². The monoisotopic (exact) mass is 592 g/mol. The van der Waals surface area contributed by atoms with E-state index in [9.17, 15) is 0 Å². The van der Waals surface area contributed by atoms with Crippen molar-refractivity contribution in [3.63, 3.8) is 0 Å². The molecule has 0 bridgehead atoms. The molecule has 175 valence electrons. The maximum absolute atomic E-state index is 4.57. The third-order valence-electron chi connectivity index (χ3n) is 4.97. The number of benzene rings is 3. The van der Waals surface area contributed by atoms with Crippen molar-refractivity contribution in [3.8, 4) is 0 Å². The molecule has 0 saturated heterocycles. The maximum atomic E-state index is 4.57. The van der Waals surface area contributed by atoms with E-state index in [0.29, 0.717) is 11.8 Å². The van der Waals surface area contributed by atoms with Gasteiger partial charge in [-0.25, -0.2) is 0 Å². The quantitative estimate of drug-likeness (QED) is 0.188. The molecular weight excluding hydrogens is 556 g/mol. The minimum absolute atomic E-state index is 0.174. The molecular formula is C26H36ClNP3Ru. The van der Waals surface area contributed by atoms with Crippen molar-refractivity contribution in [3.05, 3.63) is 90.5 Å². The average Bonchev–Trinajstić information content (AvgIpc) is 2.78. The summed E-state index contributed by atoms with van der Waals surface area (Å²) in [4.78, 5) is 4.47. The third-order valence-corrected chi connectivity index (χ3v) is 6.10. The molecule has 0 aromatic heterocycles. The minimum atomic E-state index is -0.174. The summed E-state index contributed by atoms with van der Waals surface area (Å²) in [7, 11) is 12.6. The number of aliphatic imine (C=N–C) groups is 1. The molecule has 3 atom stereocenters. The first-order chi connectivity index (χ1) is 15.2. The summed E-state index contributed by atoms with van der Waals surface area (Å²) in [5, 5.41) is 3.68. The van der Waals surface area contributed by atoms with E-state index in [1.165, 1.54) is 21.5 Å². The van der Waals surface area contributed by atoms with Gasteiger partial charge in [-0.1, -0.05) is 107 Å². The van der Waals surface area contributed by atoms with Crippen molar-refractivity contribution < 1.29 is 17.3 Å². The van der Waals surface area contributed by atoms with Crippen molar-refractivity contribution >= 4 is 60.0 Å². The molecule has 0 spiro atoms. The van der Waals surface area contributed by atoms with Gasteiger partial charge in [0.15, 0.2) is 0 Å². The fraction of sp³-hybridized carbons (Fsp3) is 0.269. The van der Waals surface area contributed by atoms with Crippen LogP contribution in [0.25, 0.3) is 0 Å². The van der Waals surface area contributed by atoms with Crippen molar-refractivity contribution in [2.24, 2.45) is 16.8 Å². The van der Waals surface area contributed by atoms with Gasteiger partial charge in [0.1, 0.15) is 0 Å². The summed E-state index contributed by atoms with van der Waals surface area (Å²) < 4.78 is 0. The van der Waals surface area contributed by atoms with Gasteiger partial charge in [-0.2, -0.15) is 0 Å². The van der Waals surface area contributed by atoms with Crippen LogP contribution in [0.1, 0.15) is 33.3 Å². The first kappa shape index (κ1) is 31.5. The predicted octanol–water partition coefficient (Wildman–Crippen LogP) is 6.46. The molecule has 0 saturated carbocycles. The number of hydrogen-bond acceptors (Lipinski definition) is 1. The second kappa shape index (κ2) is 17.9. The van der Waals surface area contributed by atoms with Crippen LogP contribution >= 0.6 is 37.4 Å². The Labute approximate surface area is 217 Å². The van der Waals surface area contributed by atoms with Crippen LogP contribution in [-0.2, 0) is 22.9 Å². The fourth-order valence-electron chi connectivity index (χ4n) is 3.48. The molecule has 6 heteroatoms.